The smallest absolute Gasteiger partial charge is 0.241 e. The maximum atomic E-state index is 12.0. The lowest BCUT2D eigenvalue weighted by molar-refractivity contribution is -0.137. The Morgan fingerprint density at radius 3 is 2.73 bits per heavy atom. The van der Waals surface area contributed by atoms with Crippen LogP contribution in [0.1, 0.15) is 20.3 Å². The van der Waals surface area contributed by atoms with Crippen molar-refractivity contribution in [1.29, 1.82) is 0 Å². The second-order valence-corrected chi connectivity index (χ2v) is 4.67. The zero-order valence-electron chi connectivity index (χ0n) is 10.3. The molecule has 1 aliphatic rings. The number of carbonyl (C=O) groups excluding carboxylic acids is 1. The molecule has 1 aliphatic heterocycles. The van der Waals surface area contributed by atoms with Gasteiger partial charge in [0.1, 0.15) is 0 Å². The van der Waals surface area contributed by atoms with E-state index in [2.05, 4.69) is 24.1 Å². The normalized spacial score (nSPS) is 27.5. The summed E-state index contributed by atoms with van der Waals surface area (Å²) < 4.78 is 0. The first-order valence-electron chi connectivity index (χ1n) is 5.74. The molecule has 1 N–H and O–H groups in total. The van der Waals surface area contributed by atoms with E-state index >= 15 is 0 Å². The molecule has 1 saturated heterocycles. The van der Waals surface area contributed by atoms with Gasteiger partial charge in [0.25, 0.3) is 0 Å². The predicted octanol–water partition coefficient (Wildman–Crippen LogP) is 0.147. The Labute approximate surface area is 92.6 Å². The number of nitrogens with one attached hydrogen (secondary N) is 1. The van der Waals surface area contributed by atoms with Crippen LogP contribution in [0.15, 0.2) is 0 Å². The Balaban J connectivity index is 2.59. The molecule has 1 fully saturated rings. The Hall–Kier alpha value is -0.610. The van der Waals surface area contributed by atoms with Gasteiger partial charge in [-0.1, -0.05) is 6.92 Å². The average Bonchev–Trinajstić information content (AvgIpc) is 2.12. The molecule has 0 spiro atoms. The van der Waals surface area contributed by atoms with Crippen LogP contribution in [0.5, 0.6) is 0 Å². The topological polar surface area (TPSA) is 35.6 Å². The summed E-state index contributed by atoms with van der Waals surface area (Å²) in [6, 6.07) is 0.370. The zero-order chi connectivity index (χ0) is 11.4. The molecular weight excluding hydrogens is 190 g/mol. The second-order valence-electron chi connectivity index (χ2n) is 4.67. The fourth-order valence-electron chi connectivity index (χ4n) is 2.08. The van der Waals surface area contributed by atoms with Gasteiger partial charge in [0.2, 0.25) is 5.91 Å². The SMILES string of the molecule is CCCN1CC(C)NC(CN(C)C)C1=O. The molecule has 0 saturated carbocycles. The van der Waals surface area contributed by atoms with Crippen LogP contribution in [-0.4, -0.2) is 61.5 Å². The lowest BCUT2D eigenvalue weighted by Crippen LogP contribution is -2.61. The summed E-state index contributed by atoms with van der Waals surface area (Å²) in [7, 11) is 4.00. The maximum Gasteiger partial charge on any atom is 0.241 e. The molecule has 2 unspecified atom stereocenters. The van der Waals surface area contributed by atoms with Crippen LogP contribution >= 0.6 is 0 Å². The molecule has 15 heavy (non-hydrogen) atoms. The highest BCUT2D eigenvalue weighted by Gasteiger charge is 2.31. The molecule has 88 valence electrons. The van der Waals surface area contributed by atoms with Gasteiger partial charge in [-0.3, -0.25) is 4.79 Å². The summed E-state index contributed by atoms with van der Waals surface area (Å²) in [5, 5.41) is 3.35. The van der Waals surface area contributed by atoms with Gasteiger partial charge in [0.15, 0.2) is 0 Å². The molecule has 4 nitrogen and oxygen atoms in total. The van der Waals surface area contributed by atoms with Crippen LogP contribution in [0.4, 0.5) is 0 Å². The van der Waals surface area contributed by atoms with Gasteiger partial charge in [-0.15, -0.1) is 0 Å². The van der Waals surface area contributed by atoms with Crippen molar-refractivity contribution in [2.45, 2.75) is 32.4 Å². The molecule has 1 heterocycles. The number of piperazine rings is 1. The van der Waals surface area contributed by atoms with Gasteiger partial charge in [-0.2, -0.15) is 0 Å². The molecule has 2 atom stereocenters. The van der Waals surface area contributed by atoms with Crippen molar-refractivity contribution in [2.24, 2.45) is 0 Å². The molecule has 0 aromatic carbocycles. The van der Waals surface area contributed by atoms with E-state index in [1.165, 1.54) is 0 Å². The van der Waals surface area contributed by atoms with Crippen molar-refractivity contribution in [2.75, 3.05) is 33.7 Å². The minimum Gasteiger partial charge on any atom is -0.340 e. The van der Waals surface area contributed by atoms with E-state index in [1.54, 1.807) is 0 Å². The second kappa shape index (κ2) is 5.47. The van der Waals surface area contributed by atoms with Crippen LogP contribution < -0.4 is 5.32 Å². The number of hydrogen-bond acceptors (Lipinski definition) is 3. The number of likely N-dealkylation sites (N-methyl/N-ethyl adjacent to an activating group) is 1. The minimum absolute atomic E-state index is 0.0321. The fraction of sp³-hybridized carbons (Fsp3) is 0.909. The Kier molecular flexibility index (Phi) is 4.54. The summed E-state index contributed by atoms with van der Waals surface area (Å²) in [6.45, 7) is 6.76. The highest BCUT2D eigenvalue weighted by molar-refractivity contribution is 5.83. The largest absolute Gasteiger partial charge is 0.340 e. The van der Waals surface area contributed by atoms with E-state index in [9.17, 15) is 4.79 Å². The van der Waals surface area contributed by atoms with E-state index in [0.717, 1.165) is 26.1 Å². The van der Waals surface area contributed by atoms with Crippen molar-refractivity contribution in [1.82, 2.24) is 15.1 Å². The van der Waals surface area contributed by atoms with Crippen molar-refractivity contribution in [3.05, 3.63) is 0 Å². The number of rotatable bonds is 4. The molecule has 0 aromatic heterocycles. The number of amides is 1. The zero-order valence-corrected chi connectivity index (χ0v) is 10.3. The van der Waals surface area contributed by atoms with E-state index in [0.29, 0.717) is 6.04 Å². The molecule has 0 radical (unpaired) electrons. The Morgan fingerprint density at radius 2 is 2.20 bits per heavy atom. The highest BCUT2D eigenvalue weighted by atomic mass is 16.2. The lowest BCUT2D eigenvalue weighted by atomic mass is 10.1. The van der Waals surface area contributed by atoms with Crippen LogP contribution in [0.2, 0.25) is 0 Å². The third-order valence-electron chi connectivity index (χ3n) is 2.63. The van der Waals surface area contributed by atoms with Gasteiger partial charge >= 0.3 is 0 Å². The van der Waals surface area contributed by atoms with Crippen LogP contribution in [0.3, 0.4) is 0 Å². The van der Waals surface area contributed by atoms with Crippen molar-refractivity contribution in [3.8, 4) is 0 Å². The molecule has 0 aromatic rings. The van der Waals surface area contributed by atoms with E-state index in [-0.39, 0.29) is 11.9 Å². The first kappa shape index (κ1) is 12.5. The molecule has 1 amide bonds. The van der Waals surface area contributed by atoms with Crippen molar-refractivity contribution < 1.29 is 4.79 Å². The standard InChI is InChI=1S/C11H23N3O/c1-5-6-14-7-9(2)12-10(11(14)15)8-13(3)4/h9-10,12H,5-8H2,1-4H3. The first-order valence-corrected chi connectivity index (χ1v) is 5.74. The van der Waals surface area contributed by atoms with Crippen LogP contribution in [0.25, 0.3) is 0 Å². The molecule has 0 aliphatic carbocycles. The molecule has 4 heteroatoms. The highest BCUT2D eigenvalue weighted by Crippen LogP contribution is 2.07. The Bertz CT molecular complexity index is 216. The number of nitrogens with zero attached hydrogens (tertiary/aromatic N) is 2. The molecule has 1 rings (SSSR count). The van der Waals surface area contributed by atoms with E-state index in [4.69, 9.17) is 0 Å². The third kappa shape index (κ3) is 3.47. The predicted molar refractivity (Wildman–Crippen MR) is 61.8 cm³/mol. The summed E-state index contributed by atoms with van der Waals surface area (Å²) >= 11 is 0. The Morgan fingerprint density at radius 1 is 1.53 bits per heavy atom. The number of carbonyl (C=O) groups is 1. The fourth-order valence-corrected chi connectivity index (χ4v) is 2.08. The maximum absolute atomic E-state index is 12.0. The van der Waals surface area contributed by atoms with Crippen molar-refractivity contribution in [3.63, 3.8) is 0 Å². The van der Waals surface area contributed by atoms with Gasteiger partial charge in [-0.25, -0.2) is 0 Å². The van der Waals surface area contributed by atoms with E-state index in [1.807, 2.05) is 19.0 Å². The summed E-state index contributed by atoms with van der Waals surface area (Å²) in [5.74, 6) is 0.253. The summed E-state index contributed by atoms with van der Waals surface area (Å²) in [5.41, 5.74) is 0. The summed E-state index contributed by atoms with van der Waals surface area (Å²) in [6.07, 6.45) is 1.03. The van der Waals surface area contributed by atoms with Gasteiger partial charge in [0, 0.05) is 25.7 Å². The van der Waals surface area contributed by atoms with Gasteiger partial charge in [0.05, 0.1) is 6.04 Å². The van der Waals surface area contributed by atoms with Crippen molar-refractivity contribution >= 4 is 5.91 Å². The monoisotopic (exact) mass is 213 g/mol. The van der Waals surface area contributed by atoms with Crippen LogP contribution in [-0.2, 0) is 4.79 Å². The van der Waals surface area contributed by atoms with Gasteiger partial charge < -0.3 is 15.1 Å². The third-order valence-corrected chi connectivity index (χ3v) is 2.63. The summed E-state index contributed by atoms with van der Waals surface area (Å²) in [4.78, 5) is 16.1. The quantitative estimate of drug-likeness (QED) is 0.722. The minimum atomic E-state index is -0.0321. The van der Waals surface area contributed by atoms with Gasteiger partial charge in [-0.05, 0) is 27.4 Å². The van der Waals surface area contributed by atoms with E-state index < -0.39 is 0 Å². The molecule has 0 bridgehead atoms. The molecular formula is C11H23N3O. The number of hydrogen-bond donors (Lipinski definition) is 1. The van der Waals surface area contributed by atoms with Crippen LogP contribution in [0, 0.1) is 0 Å². The first-order chi connectivity index (χ1) is 7.04. The average molecular weight is 213 g/mol. The lowest BCUT2D eigenvalue weighted by Gasteiger charge is -2.37.